The molecule has 39 heavy (non-hydrogen) atoms. The topological polar surface area (TPSA) is 87.3 Å². The van der Waals surface area contributed by atoms with Gasteiger partial charge < -0.3 is 15.0 Å². The minimum atomic E-state index is -0.947. The van der Waals surface area contributed by atoms with Gasteiger partial charge in [-0.25, -0.2) is 9.78 Å². The SMILES string of the molecule is COC(=O)c1ccc2nc([C@@H]3[C@H](C)N(CC4CC4)C4(C(=O)Nc5cc(Cl)ccc54)[C@H]3c3cc(Cl)cs3)[nH]c2c1. The lowest BCUT2D eigenvalue weighted by molar-refractivity contribution is -0.127. The third-order valence-electron chi connectivity index (χ3n) is 8.54. The summed E-state index contributed by atoms with van der Waals surface area (Å²) in [6.45, 7) is 3.01. The van der Waals surface area contributed by atoms with Crippen LogP contribution >= 0.6 is 34.5 Å². The molecule has 4 atom stereocenters. The van der Waals surface area contributed by atoms with Gasteiger partial charge in [-0.1, -0.05) is 29.3 Å². The molecule has 10 heteroatoms. The van der Waals surface area contributed by atoms with Crippen LogP contribution in [0.25, 0.3) is 11.0 Å². The third-order valence-corrected chi connectivity index (χ3v) is 10.1. The van der Waals surface area contributed by atoms with Crippen LogP contribution in [0.15, 0.2) is 47.8 Å². The largest absolute Gasteiger partial charge is 0.465 e. The minimum Gasteiger partial charge on any atom is -0.465 e. The quantitative estimate of drug-likeness (QED) is 0.261. The van der Waals surface area contributed by atoms with E-state index >= 15 is 0 Å². The number of H-pyrrole nitrogens is 1. The van der Waals surface area contributed by atoms with E-state index in [1.54, 1.807) is 23.5 Å². The van der Waals surface area contributed by atoms with Gasteiger partial charge in [0.05, 0.1) is 28.7 Å². The van der Waals surface area contributed by atoms with Crippen molar-refractivity contribution in [2.45, 2.75) is 43.2 Å². The number of carbonyl (C=O) groups is 2. The molecule has 3 aliphatic rings. The van der Waals surface area contributed by atoms with Gasteiger partial charge in [-0.05, 0) is 62.1 Å². The number of hydrogen-bond donors (Lipinski definition) is 2. The summed E-state index contributed by atoms with van der Waals surface area (Å²) >= 11 is 14.4. The first-order valence-electron chi connectivity index (χ1n) is 13.0. The molecule has 2 aliphatic heterocycles. The number of esters is 1. The number of benzene rings is 2. The lowest BCUT2D eigenvalue weighted by atomic mass is 9.74. The summed E-state index contributed by atoms with van der Waals surface area (Å²) in [5.41, 5.74) is 2.70. The monoisotopic (exact) mass is 580 g/mol. The first kappa shape index (κ1) is 25.1. The van der Waals surface area contributed by atoms with E-state index in [1.807, 2.05) is 35.7 Å². The molecule has 4 aromatic rings. The van der Waals surface area contributed by atoms with Gasteiger partial charge in [0.15, 0.2) is 0 Å². The van der Waals surface area contributed by atoms with Gasteiger partial charge in [0.1, 0.15) is 11.4 Å². The van der Waals surface area contributed by atoms with E-state index < -0.39 is 11.5 Å². The molecule has 1 saturated heterocycles. The number of thiophene rings is 1. The fourth-order valence-electron chi connectivity index (χ4n) is 6.70. The number of carbonyl (C=O) groups excluding carboxylic acids is 2. The Balaban J connectivity index is 1.46. The highest BCUT2D eigenvalue weighted by Gasteiger charge is 2.67. The zero-order valence-electron chi connectivity index (χ0n) is 21.3. The number of aromatic amines is 1. The first-order valence-corrected chi connectivity index (χ1v) is 14.6. The van der Waals surface area contributed by atoms with Gasteiger partial charge >= 0.3 is 5.97 Å². The highest BCUT2D eigenvalue weighted by Crippen LogP contribution is 2.63. The zero-order chi connectivity index (χ0) is 27.1. The third kappa shape index (κ3) is 3.76. The number of ether oxygens (including phenoxy) is 1. The molecule has 1 amide bonds. The van der Waals surface area contributed by atoms with Crippen molar-refractivity contribution in [1.29, 1.82) is 0 Å². The van der Waals surface area contributed by atoms with E-state index in [0.29, 0.717) is 21.5 Å². The number of imidazole rings is 1. The average molecular weight is 582 g/mol. The maximum Gasteiger partial charge on any atom is 0.337 e. The van der Waals surface area contributed by atoms with Crippen LogP contribution in [0, 0.1) is 5.92 Å². The number of amides is 1. The van der Waals surface area contributed by atoms with Crippen LogP contribution in [-0.4, -0.2) is 46.4 Å². The molecule has 2 fully saturated rings. The van der Waals surface area contributed by atoms with Crippen molar-refractivity contribution in [2.24, 2.45) is 5.92 Å². The molecule has 2 aromatic heterocycles. The van der Waals surface area contributed by atoms with Gasteiger partial charge in [0, 0.05) is 51.0 Å². The van der Waals surface area contributed by atoms with E-state index in [1.165, 1.54) is 7.11 Å². The molecule has 1 unspecified atom stereocenters. The number of methoxy groups -OCH3 is 1. The van der Waals surface area contributed by atoms with E-state index in [4.69, 9.17) is 32.9 Å². The Bertz CT molecular complexity index is 1650. The summed E-state index contributed by atoms with van der Waals surface area (Å²) in [5.74, 6) is 0.473. The van der Waals surface area contributed by atoms with E-state index in [2.05, 4.69) is 22.1 Å². The van der Waals surface area contributed by atoms with Crippen molar-refractivity contribution in [1.82, 2.24) is 14.9 Å². The Morgan fingerprint density at radius 3 is 2.72 bits per heavy atom. The van der Waals surface area contributed by atoms with E-state index in [9.17, 15) is 9.59 Å². The molecule has 7 rings (SSSR count). The molecule has 2 N–H and O–H groups in total. The van der Waals surface area contributed by atoms with Crippen molar-refractivity contribution < 1.29 is 14.3 Å². The Labute approximate surface area is 239 Å². The minimum absolute atomic E-state index is 0.0236. The number of halogens is 2. The summed E-state index contributed by atoms with van der Waals surface area (Å²) in [5, 5.41) is 6.33. The Morgan fingerprint density at radius 1 is 1.18 bits per heavy atom. The van der Waals surface area contributed by atoms with Crippen LogP contribution in [0.1, 0.15) is 58.2 Å². The van der Waals surface area contributed by atoms with Crippen LogP contribution in [-0.2, 0) is 15.1 Å². The molecular weight excluding hydrogens is 555 g/mol. The maximum atomic E-state index is 14.3. The second kappa shape index (κ2) is 9.06. The number of aromatic nitrogens is 2. The molecule has 4 heterocycles. The van der Waals surface area contributed by atoms with E-state index in [-0.39, 0.29) is 23.8 Å². The number of hydrogen-bond acceptors (Lipinski definition) is 6. The Morgan fingerprint density at radius 2 is 2.00 bits per heavy atom. The fourth-order valence-corrected chi connectivity index (χ4v) is 8.16. The normalized spacial score (nSPS) is 26.4. The molecule has 0 bridgehead atoms. The average Bonchev–Trinajstić information content (AvgIpc) is 3.24. The zero-order valence-corrected chi connectivity index (χ0v) is 23.7. The van der Waals surface area contributed by atoms with Crippen molar-refractivity contribution in [3.8, 4) is 0 Å². The predicted molar refractivity (Wildman–Crippen MR) is 153 cm³/mol. The molecule has 7 nitrogen and oxygen atoms in total. The highest BCUT2D eigenvalue weighted by atomic mass is 35.5. The number of anilines is 1. The standard InChI is InChI=1S/C29H26Cl2N4O3S/c1-14-24(26-32-20-8-5-16(27(36)38-2)9-22(20)33-26)25(23-11-18(31)13-39-23)29(35(14)12-15-3-4-15)19-7-6-17(30)10-21(19)34-28(29)37/h5-11,13-15,24-25H,3-4,12H2,1-2H3,(H,32,33)(H,34,37)/t14-,24+,25-,29?/m0/s1. The molecule has 2 aromatic carbocycles. The molecular formula is C29H26Cl2N4O3S. The van der Waals surface area contributed by atoms with Gasteiger partial charge in [-0.15, -0.1) is 11.3 Å². The molecule has 1 spiro atoms. The Kier molecular flexibility index (Phi) is 5.83. The maximum absolute atomic E-state index is 14.3. The van der Waals surface area contributed by atoms with Gasteiger partial charge in [0.25, 0.3) is 0 Å². The number of rotatable bonds is 5. The summed E-state index contributed by atoms with van der Waals surface area (Å²) in [6.07, 6.45) is 2.32. The van der Waals surface area contributed by atoms with Crippen LogP contribution in [0.5, 0.6) is 0 Å². The van der Waals surface area contributed by atoms with Gasteiger partial charge in [-0.2, -0.15) is 0 Å². The number of likely N-dealkylation sites (tertiary alicyclic amines) is 1. The van der Waals surface area contributed by atoms with Crippen molar-refractivity contribution >= 4 is 63.1 Å². The van der Waals surface area contributed by atoms with Crippen LogP contribution in [0.3, 0.4) is 0 Å². The Hall–Kier alpha value is -2.91. The number of fused-ring (bicyclic) bond motifs is 3. The summed E-state index contributed by atoms with van der Waals surface area (Å²) in [6, 6.07) is 13.0. The van der Waals surface area contributed by atoms with Crippen LogP contribution < -0.4 is 5.32 Å². The van der Waals surface area contributed by atoms with Crippen molar-refractivity contribution in [2.75, 3.05) is 19.0 Å². The lowest BCUT2D eigenvalue weighted by Crippen LogP contribution is -2.52. The second-order valence-electron chi connectivity index (χ2n) is 10.8. The highest BCUT2D eigenvalue weighted by molar-refractivity contribution is 7.10. The number of nitrogens with zero attached hydrogens (tertiary/aromatic N) is 2. The fraction of sp³-hybridized carbons (Fsp3) is 0.345. The smallest absolute Gasteiger partial charge is 0.337 e. The second-order valence-corrected chi connectivity index (χ2v) is 12.6. The molecule has 0 radical (unpaired) electrons. The van der Waals surface area contributed by atoms with Crippen LogP contribution in [0.4, 0.5) is 5.69 Å². The van der Waals surface area contributed by atoms with Crippen molar-refractivity contribution in [3.63, 3.8) is 0 Å². The summed E-state index contributed by atoms with van der Waals surface area (Å²) < 4.78 is 4.91. The van der Waals surface area contributed by atoms with Gasteiger partial charge in [-0.3, -0.25) is 9.69 Å². The first-order chi connectivity index (χ1) is 18.8. The lowest BCUT2D eigenvalue weighted by Gasteiger charge is -2.39. The van der Waals surface area contributed by atoms with Crippen LogP contribution in [0.2, 0.25) is 10.0 Å². The molecule has 1 aliphatic carbocycles. The number of nitrogens with one attached hydrogen (secondary N) is 2. The molecule has 1 saturated carbocycles. The summed E-state index contributed by atoms with van der Waals surface area (Å²) in [7, 11) is 1.37. The van der Waals surface area contributed by atoms with Crippen molar-refractivity contribution in [3.05, 3.63) is 79.7 Å². The predicted octanol–water partition coefficient (Wildman–Crippen LogP) is 6.55. The summed E-state index contributed by atoms with van der Waals surface area (Å²) in [4.78, 5) is 38.5. The van der Waals surface area contributed by atoms with Gasteiger partial charge in [0.2, 0.25) is 5.91 Å². The van der Waals surface area contributed by atoms with E-state index in [0.717, 1.165) is 52.4 Å². The molecule has 200 valence electrons.